The molecule has 2 atom stereocenters. The first-order chi connectivity index (χ1) is 9.41. The molecule has 1 saturated carbocycles. The number of alkyl halides is 3. The fourth-order valence-electron chi connectivity index (χ4n) is 2.59. The lowest BCUT2D eigenvalue weighted by molar-refractivity contribution is -0.138. The third-order valence-corrected chi connectivity index (χ3v) is 3.70. The van der Waals surface area contributed by atoms with Crippen molar-refractivity contribution in [2.75, 3.05) is 0 Å². The van der Waals surface area contributed by atoms with Gasteiger partial charge in [-0.3, -0.25) is 4.98 Å². The van der Waals surface area contributed by atoms with Crippen LogP contribution in [0, 0.1) is 0 Å². The molecule has 1 aromatic rings. The molecule has 0 amide bonds. The van der Waals surface area contributed by atoms with E-state index in [1.165, 1.54) is 6.07 Å². The van der Waals surface area contributed by atoms with Gasteiger partial charge >= 0.3 is 6.18 Å². The molecular weight excluding hydrogens is 269 g/mol. The maximum absolute atomic E-state index is 12.8. The topological polar surface area (TPSA) is 45.2 Å². The van der Waals surface area contributed by atoms with E-state index in [1.807, 2.05) is 0 Å². The highest BCUT2D eigenvalue weighted by atomic mass is 19.4. The number of aliphatic hydroxyl groups excluding tert-OH is 1. The van der Waals surface area contributed by atoms with E-state index >= 15 is 0 Å². The van der Waals surface area contributed by atoms with Crippen molar-refractivity contribution in [2.24, 2.45) is 0 Å². The average molecular weight is 288 g/mol. The van der Waals surface area contributed by atoms with E-state index in [0.29, 0.717) is 12.2 Å². The third kappa shape index (κ3) is 3.49. The molecule has 0 bridgehead atoms. The zero-order valence-corrected chi connectivity index (χ0v) is 11.4. The maximum atomic E-state index is 12.8. The van der Waals surface area contributed by atoms with E-state index < -0.39 is 11.7 Å². The number of rotatable bonds is 4. The van der Waals surface area contributed by atoms with Crippen molar-refractivity contribution in [3.63, 3.8) is 0 Å². The predicted molar refractivity (Wildman–Crippen MR) is 69.1 cm³/mol. The Hall–Kier alpha value is -1.14. The van der Waals surface area contributed by atoms with Crippen molar-refractivity contribution in [3.8, 4) is 0 Å². The van der Waals surface area contributed by atoms with E-state index in [9.17, 15) is 18.3 Å². The number of hydrogen-bond donors (Lipinski definition) is 2. The smallest absolute Gasteiger partial charge is 0.392 e. The Labute approximate surface area is 116 Å². The van der Waals surface area contributed by atoms with Crippen molar-refractivity contribution >= 4 is 0 Å². The Morgan fingerprint density at radius 3 is 2.65 bits per heavy atom. The number of nitrogens with one attached hydrogen (secondary N) is 1. The van der Waals surface area contributed by atoms with Gasteiger partial charge in [-0.05, 0) is 37.8 Å². The molecule has 1 aromatic heterocycles. The van der Waals surface area contributed by atoms with Crippen LogP contribution < -0.4 is 5.32 Å². The SMILES string of the molecule is CCc1nc(CNC2CCCC2O)ccc1C(F)(F)F. The van der Waals surface area contributed by atoms with Crippen LogP contribution in [0.3, 0.4) is 0 Å². The van der Waals surface area contributed by atoms with Gasteiger partial charge in [0.15, 0.2) is 0 Å². The highest BCUT2D eigenvalue weighted by Gasteiger charge is 2.33. The van der Waals surface area contributed by atoms with E-state index in [2.05, 4.69) is 10.3 Å². The van der Waals surface area contributed by atoms with E-state index in [4.69, 9.17) is 0 Å². The van der Waals surface area contributed by atoms with Gasteiger partial charge in [-0.1, -0.05) is 6.92 Å². The largest absolute Gasteiger partial charge is 0.418 e. The molecule has 3 nitrogen and oxygen atoms in total. The zero-order chi connectivity index (χ0) is 14.8. The lowest BCUT2D eigenvalue weighted by Gasteiger charge is -2.17. The molecule has 1 aliphatic rings. The highest BCUT2D eigenvalue weighted by Crippen LogP contribution is 2.31. The summed E-state index contributed by atoms with van der Waals surface area (Å²) < 4.78 is 38.3. The molecule has 0 spiro atoms. The van der Waals surface area contributed by atoms with Crippen LogP contribution in [0.2, 0.25) is 0 Å². The molecule has 6 heteroatoms. The molecule has 2 N–H and O–H groups in total. The molecule has 0 aromatic carbocycles. The summed E-state index contributed by atoms with van der Waals surface area (Å²) in [7, 11) is 0. The van der Waals surface area contributed by atoms with Crippen molar-refractivity contribution in [1.82, 2.24) is 10.3 Å². The third-order valence-electron chi connectivity index (χ3n) is 3.70. The second kappa shape index (κ2) is 6.10. The molecule has 20 heavy (non-hydrogen) atoms. The van der Waals surface area contributed by atoms with E-state index in [0.717, 1.165) is 25.3 Å². The summed E-state index contributed by atoms with van der Waals surface area (Å²) >= 11 is 0. The number of aromatic nitrogens is 1. The monoisotopic (exact) mass is 288 g/mol. The number of pyridine rings is 1. The lowest BCUT2D eigenvalue weighted by atomic mass is 10.1. The Morgan fingerprint density at radius 1 is 1.35 bits per heavy atom. The average Bonchev–Trinajstić information content (AvgIpc) is 2.80. The normalized spacial score (nSPS) is 23.2. The zero-order valence-electron chi connectivity index (χ0n) is 11.4. The standard InChI is InChI=1S/C14H19F3N2O/c1-2-11-10(14(15,16)17)7-6-9(19-11)8-18-12-4-3-5-13(12)20/h6-7,12-13,18,20H,2-5,8H2,1H3. The van der Waals surface area contributed by atoms with Crippen molar-refractivity contribution in [2.45, 2.75) is 57.5 Å². The summed E-state index contributed by atoms with van der Waals surface area (Å²) in [4.78, 5) is 4.08. The number of hydrogen-bond acceptors (Lipinski definition) is 3. The summed E-state index contributed by atoms with van der Waals surface area (Å²) in [6, 6.07) is 2.51. The number of aliphatic hydroxyl groups is 1. The van der Waals surface area contributed by atoms with Gasteiger partial charge in [0.25, 0.3) is 0 Å². The van der Waals surface area contributed by atoms with Gasteiger partial charge in [0.2, 0.25) is 0 Å². The molecule has 112 valence electrons. The molecule has 0 saturated heterocycles. The Kier molecular flexibility index (Phi) is 4.65. The van der Waals surface area contributed by atoms with Gasteiger partial charge < -0.3 is 10.4 Å². The second-order valence-electron chi connectivity index (χ2n) is 5.13. The van der Waals surface area contributed by atoms with Gasteiger partial charge in [-0.15, -0.1) is 0 Å². The quantitative estimate of drug-likeness (QED) is 0.895. The summed E-state index contributed by atoms with van der Waals surface area (Å²) in [6.07, 6.45) is -1.84. The van der Waals surface area contributed by atoms with Gasteiger partial charge in [-0.25, -0.2) is 0 Å². The first-order valence-corrected chi connectivity index (χ1v) is 6.89. The summed E-state index contributed by atoms with van der Waals surface area (Å²) in [5.74, 6) is 0. The van der Waals surface area contributed by atoms with Gasteiger partial charge in [0.1, 0.15) is 0 Å². The predicted octanol–water partition coefficient (Wildman–Crippen LogP) is 2.67. The number of nitrogens with zero attached hydrogens (tertiary/aromatic N) is 1. The minimum atomic E-state index is -4.36. The molecule has 1 heterocycles. The van der Waals surface area contributed by atoms with Gasteiger partial charge in [-0.2, -0.15) is 13.2 Å². The van der Waals surface area contributed by atoms with Gasteiger partial charge in [0.05, 0.1) is 23.1 Å². The number of halogens is 3. The number of aryl methyl sites for hydroxylation is 1. The van der Waals surface area contributed by atoms with Crippen LogP contribution in [-0.2, 0) is 19.1 Å². The van der Waals surface area contributed by atoms with E-state index in [1.54, 1.807) is 6.92 Å². The summed E-state index contributed by atoms with van der Waals surface area (Å²) in [5.41, 5.74) is -0.0117. The molecular formula is C14H19F3N2O. The van der Waals surface area contributed by atoms with Crippen LogP contribution in [0.1, 0.15) is 43.1 Å². The van der Waals surface area contributed by atoms with Crippen molar-refractivity contribution in [3.05, 3.63) is 29.1 Å². The summed E-state index contributed by atoms with van der Waals surface area (Å²) in [6.45, 7) is 2.04. The Bertz CT molecular complexity index is 462. The van der Waals surface area contributed by atoms with Crippen LogP contribution in [0.25, 0.3) is 0 Å². The second-order valence-corrected chi connectivity index (χ2v) is 5.13. The summed E-state index contributed by atoms with van der Waals surface area (Å²) in [5, 5.41) is 12.9. The van der Waals surface area contributed by atoms with Gasteiger partial charge in [0, 0.05) is 12.6 Å². The van der Waals surface area contributed by atoms with Crippen molar-refractivity contribution in [1.29, 1.82) is 0 Å². The highest BCUT2D eigenvalue weighted by molar-refractivity contribution is 5.26. The fourth-order valence-corrected chi connectivity index (χ4v) is 2.59. The van der Waals surface area contributed by atoms with Crippen LogP contribution in [0.15, 0.2) is 12.1 Å². The first kappa shape index (κ1) is 15.3. The molecule has 1 aliphatic carbocycles. The molecule has 0 aliphatic heterocycles. The molecule has 2 unspecified atom stereocenters. The maximum Gasteiger partial charge on any atom is 0.418 e. The van der Waals surface area contributed by atoms with Crippen LogP contribution in [-0.4, -0.2) is 22.2 Å². The Balaban J connectivity index is 2.06. The fraction of sp³-hybridized carbons (Fsp3) is 0.643. The van der Waals surface area contributed by atoms with E-state index in [-0.39, 0.29) is 24.3 Å². The minimum Gasteiger partial charge on any atom is -0.392 e. The molecule has 2 rings (SSSR count). The van der Waals surface area contributed by atoms with Crippen LogP contribution in [0.4, 0.5) is 13.2 Å². The minimum absolute atomic E-state index is 0.0177. The van der Waals surface area contributed by atoms with Crippen molar-refractivity contribution < 1.29 is 18.3 Å². The first-order valence-electron chi connectivity index (χ1n) is 6.89. The van der Waals surface area contributed by atoms with Crippen LogP contribution in [0.5, 0.6) is 0 Å². The molecule has 0 radical (unpaired) electrons. The lowest BCUT2D eigenvalue weighted by Crippen LogP contribution is -2.35. The molecule has 1 fully saturated rings. The van der Waals surface area contributed by atoms with Crippen LogP contribution >= 0.6 is 0 Å². The Morgan fingerprint density at radius 2 is 2.10 bits per heavy atom.